The minimum absolute atomic E-state index is 0.0489. The molecule has 2 aromatic rings. The van der Waals surface area contributed by atoms with Crippen molar-refractivity contribution in [1.29, 1.82) is 0 Å². The maximum Gasteiger partial charge on any atom is 0.272 e. The molecule has 190 valence electrons. The second-order valence-corrected chi connectivity index (χ2v) is 11.3. The van der Waals surface area contributed by atoms with Crippen LogP contribution in [0.2, 0.25) is 0 Å². The van der Waals surface area contributed by atoms with Crippen molar-refractivity contribution in [2.45, 2.75) is 83.7 Å². The van der Waals surface area contributed by atoms with Gasteiger partial charge in [0, 0.05) is 49.6 Å². The van der Waals surface area contributed by atoms with E-state index in [1.165, 1.54) is 11.1 Å². The first-order valence-corrected chi connectivity index (χ1v) is 13.2. The maximum absolute atomic E-state index is 13.4. The number of benzene rings is 1. The van der Waals surface area contributed by atoms with Gasteiger partial charge in [-0.05, 0) is 69.0 Å². The van der Waals surface area contributed by atoms with Gasteiger partial charge >= 0.3 is 0 Å². The predicted molar refractivity (Wildman–Crippen MR) is 140 cm³/mol. The predicted octanol–water partition coefficient (Wildman–Crippen LogP) is 4.58. The van der Waals surface area contributed by atoms with Crippen molar-refractivity contribution in [3.8, 4) is 0 Å². The molecule has 1 amide bonds. The Bertz CT molecular complexity index is 985. The Balaban J connectivity index is 1.34. The highest BCUT2D eigenvalue weighted by Crippen LogP contribution is 2.25. The minimum Gasteiger partial charge on any atom is -0.381 e. The van der Waals surface area contributed by atoms with E-state index in [1.54, 1.807) is 6.33 Å². The van der Waals surface area contributed by atoms with Crippen molar-refractivity contribution in [2.24, 2.45) is 0 Å². The van der Waals surface area contributed by atoms with E-state index in [0.29, 0.717) is 17.8 Å². The lowest BCUT2D eigenvalue weighted by atomic mass is 9.86. The number of rotatable bonds is 6. The van der Waals surface area contributed by atoms with Gasteiger partial charge in [0.15, 0.2) is 0 Å². The molecule has 0 spiro atoms. The van der Waals surface area contributed by atoms with Crippen LogP contribution < -0.4 is 0 Å². The molecular weight excluding hydrogens is 436 g/mol. The SMILES string of the molecule is Cc1c(CCc2ccc(C(C)(C)C)cc2)ncnc1C(=O)N1CCC(N(C)C2CCOCC2)CC1. The molecular formula is C29H42N4O2. The molecule has 35 heavy (non-hydrogen) atoms. The number of piperidine rings is 1. The molecule has 1 aromatic carbocycles. The van der Waals surface area contributed by atoms with Crippen LogP contribution in [0.25, 0.3) is 0 Å². The number of likely N-dealkylation sites (tertiary alicyclic amines) is 1. The van der Waals surface area contributed by atoms with Crippen molar-refractivity contribution in [2.75, 3.05) is 33.4 Å². The third-order valence-corrected chi connectivity index (χ3v) is 7.96. The highest BCUT2D eigenvalue weighted by molar-refractivity contribution is 5.93. The molecule has 3 heterocycles. The van der Waals surface area contributed by atoms with Gasteiger partial charge in [-0.1, -0.05) is 45.0 Å². The first-order chi connectivity index (χ1) is 16.7. The second-order valence-electron chi connectivity index (χ2n) is 11.3. The number of carbonyl (C=O) groups excluding carboxylic acids is 1. The molecule has 2 saturated heterocycles. The van der Waals surface area contributed by atoms with E-state index in [0.717, 1.165) is 76.1 Å². The molecule has 6 nitrogen and oxygen atoms in total. The van der Waals surface area contributed by atoms with Crippen molar-refractivity contribution >= 4 is 5.91 Å². The molecule has 0 unspecified atom stereocenters. The molecule has 0 bridgehead atoms. The van der Waals surface area contributed by atoms with E-state index in [9.17, 15) is 4.79 Å². The van der Waals surface area contributed by atoms with E-state index < -0.39 is 0 Å². The highest BCUT2D eigenvalue weighted by atomic mass is 16.5. The first kappa shape index (κ1) is 25.8. The van der Waals surface area contributed by atoms with Crippen LogP contribution in [-0.2, 0) is 23.0 Å². The lowest BCUT2D eigenvalue weighted by Crippen LogP contribution is -2.49. The van der Waals surface area contributed by atoms with E-state index in [4.69, 9.17) is 4.74 Å². The third-order valence-electron chi connectivity index (χ3n) is 7.96. The summed E-state index contributed by atoms with van der Waals surface area (Å²) in [6.07, 6.45) is 7.52. The fraction of sp³-hybridized carbons (Fsp3) is 0.621. The summed E-state index contributed by atoms with van der Waals surface area (Å²) in [6, 6.07) is 10.0. The molecule has 2 fully saturated rings. The van der Waals surface area contributed by atoms with Gasteiger partial charge in [0.05, 0.1) is 0 Å². The van der Waals surface area contributed by atoms with Crippen LogP contribution in [0.15, 0.2) is 30.6 Å². The van der Waals surface area contributed by atoms with Crippen LogP contribution in [0.1, 0.15) is 79.3 Å². The zero-order chi connectivity index (χ0) is 25.0. The van der Waals surface area contributed by atoms with Gasteiger partial charge < -0.3 is 14.5 Å². The Labute approximate surface area is 211 Å². The average molecular weight is 479 g/mol. The molecule has 0 saturated carbocycles. The zero-order valence-corrected chi connectivity index (χ0v) is 22.2. The average Bonchev–Trinajstić information content (AvgIpc) is 2.87. The summed E-state index contributed by atoms with van der Waals surface area (Å²) in [5, 5.41) is 0. The second kappa shape index (κ2) is 11.2. The fourth-order valence-electron chi connectivity index (χ4n) is 5.40. The van der Waals surface area contributed by atoms with Gasteiger partial charge in [-0.25, -0.2) is 9.97 Å². The van der Waals surface area contributed by atoms with E-state index in [-0.39, 0.29) is 11.3 Å². The van der Waals surface area contributed by atoms with Crippen LogP contribution in [0.4, 0.5) is 0 Å². The first-order valence-electron chi connectivity index (χ1n) is 13.2. The van der Waals surface area contributed by atoms with E-state index in [2.05, 4.69) is 67.0 Å². The number of hydrogen-bond acceptors (Lipinski definition) is 5. The summed E-state index contributed by atoms with van der Waals surface area (Å²) < 4.78 is 5.52. The number of amides is 1. The monoisotopic (exact) mass is 478 g/mol. The molecule has 2 aliphatic rings. The van der Waals surface area contributed by atoms with Gasteiger partial charge in [-0.3, -0.25) is 4.79 Å². The van der Waals surface area contributed by atoms with Gasteiger partial charge in [0.25, 0.3) is 5.91 Å². The number of ether oxygens (including phenoxy) is 1. The van der Waals surface area contributed by atoms with Crippen LogP contribution in [0.5, 0.6) is 0 Å². The Hall–Kier alpha value is -2.31. The van der Waals surface area contributed by atoms with Crippen LogP contribution in [-0.4, -0.2) is 71.1 Å². The molecule has 0 atom stereocenters. The highest BCUT2D eigenvalue weighted by Gasteiger charge is 2.31. The van der Waals surface area contributed by atoms with Gasteiger partial charge in [0.2, 0.25) is 0 Å². The maximum atomic E-state index is 13.4. The zero-order valence-electron chi connectivity index (χ0n) is 22.2. The van der Waals surface area contributed by atoms with Gasteiger partial charge in [-0.2, -0.15) is 0 Å². The van der Waals surface area contributed by atoms with Crippen molar-refractivity contribution < 1.29 is 9.53 Å². The standard InChI is InChI=1S/C29H42N4O2/c1-21-26(11-8-22-6-9-23(10-7-22)29(2,3)4)30-20-31-27(21)28(34)33-16-12-24(13-17-33)32(5)25-14-18-35-19-15-25/h6-7,9-10,20,24-25H,8,11-19H2,1-5H3. The van der Waals surface area contributed by atoms with Crippen LogP contribution in [0, 0.1) is 6.92 Å². The molecule has 4 rings (SSSR count). The Morgan fingerprint density at radius 1 is 1.00 bits per heavy atom. The van der Waals surface area contributed by atoms with Gasteiger partial charge in [0.1, 0.15) is 12.0 Å². The quantitative estimate of drug-likeness (QED) is 0.608. The van der Waals surface area contributed by atoms with Crippen molar-refractivity contribution in [3.05, 3.63) is 58.7 Å². The lowest BCUT2D eigenvalue weighted by Gasteiger charge is -2.41. The van der Waals surface area contributed by atoms with Gasteiger partial charge in [-0.15, -0.1) is 0 Å². The fourth-order valence-corrected chi connectivity index (χ4v) is 5.40. The van der Waals surface area contributed by atoms with Crippen LogP contribution >= 0.6 is 0 Å². The largest absolute Gasteiger partial charge is 0.381 e. The number of aryl methyl sites for hydroxylation is 2. The summed E-state index contributed by atoms with van der Waals surface area (Å²) in [5.41, 5.74) is 5.25. The molecule has 0 aliphatic carbocycles. The minimum atomic E-state index is 0.0489. The number of nitrogens with zero attached hydrogens (tertiary/aromatic N) is 4. The van der Waals surface area contributed by atoms with E-state index >= 15 is 0 Å². The molecule has 6 heteroatoms. The molecule has 0 radical (unpaired) electrons. The summed E-state index contributed by atoms with van der Waals surface area (Å²) in [4.78, 5) is 26.8. The Morgan fingerprint density at radius 2 is 1.63 bits per heavy atom. The third kappa shape index (κ3) is 6.28. The summed E-state index contributed by atoms with van der Waals surface area (Å²) in [6.45, 7) is 12.0. The number of carbonyl (C=O) groups is 1. The normalized spacial score (nSPS) is 18.3. The van der Waals surface area contributed by atoms with Crippen molar-refractivity contribution in [3.63, 3.8) is 0 Å². The Morgan fingerprint density at radius 3 is 2.26 bits per heavy atom. The number of hydrogen-bond donors (Lipinski definition) is 0. The van der Waals surface area contributed by atoms with E-state index in [1.807, 2.05) is 11.8 Å². The topological polar surface area (TPSA) is 58.6 Å². The summed E-state index contributed by atoms with van der Waals surface area (Å²) in [7, 11) is 2.25. The lowest BCUT2D eigenvalue weighted by molar-refractivity contribution is 0.0151. The van der Waals surface area contributed by atoms with Crippen LogP contribution in [0.3, 0.4) is 0 Å². The molecule has 2 aliphatic heterocycles. The van der Waals surface area contributed by atoms with Crippen molar-refractivity contribution in [1.82, 2.24) is 19.8 Å². The smallest absolute Gasteiger partial charge is 0.272 e. The summed E-state index contributed by atoms with van der Waals surface area (Å²) >= 11 is 0. The number of aromatic nitrogens is 2. The summed E-state index contributed by atoms with van der Waals surface area (Å²) in [5.74, 6) is 0.0489. The molecule has 0 N–H and O–H groups in total. The Kier molecular flexibility index (Phi) is 8.23. The molecule has 1 aromatic heterocycles.